The van der Waals surface area contributed by atoms with Crippen molar-refractivity contribution >= 4 is 5.91 Å². The number of ether oxygens (including phenoxy) is 1. The Morgan fingerprint density at radius 2 is 2.03 bits per heavy atom. The van der Waals surface area contributed by atoms with Gasteiger partial charge < -0.3 is 14.6 Å². The summed E-state index contributed by atoms with van der Waals surface area (Å²) < 4.78 is 51.0. The number of halogens is 3. The molecule has 38 heavy (non-hydrogen) atoms. The predicted molar refractivity (Wildman–Crippen MR) is 132 cm³/mol. The summed E-state index contributed by atoms with van der Waals surface area (Å²) in [5, 5.41) is 6.88. The maximum Gasteiger partial charge on any atom is 0.416 e. The zero-order valence-electron chi connectivity index (χ0n) is 21.3. The van der Waals surface area contributed by atoms with Crippen molar-refractivity contribution in [1.29, 1.82) is 0 Å². The van der Waals surface area contributed by atoms with Gasteiger partial charge in [0.15, 0.2) is 5.82 Å². The largest absolute Gasteiger partial charge is 0.416 e. The molecule has 3 aromatic rings. The quantitative estimate of drug-likeness (QED) is 0.505. The molecule has 1 aromatic heterocycles. The summed E-state index contributed by atoms with van der Waals surface area (Å²) in [7, 11) is 0. The van der Waals surface area contributed by atoms with Crippen LogP contribution in [0.1, 0.15) is 53.2 Å². The maximum absolute atomic E-state index is 13.4. The number of rotatable bonds is 6. The number of nitrogens with one attached hydrogen (secondary N) is 1. The van der Waals surface area contributed by atoms with Crippen molar-refractivity contribution in [2.45, 2.75) is 57.4 Å². The first-order valence-electron chi connectivity index (χ1n) is 12.8. The summed E-state index contributed by atoms with van der Waals surface area (Å²) >= 11 is 0. The molecular formula is C28H29F3N4O3. The minimum atomic E-state index is -4.41. The third-order valence-electron chi connectivity index (χ3n) is 8.04. The molecule has 1 amide bonds. The lowest BCUT2D eigenvalue weighted by atomic mass is 9.84. The van der Waals surface area contributed by atoms with E-state index in [4.69, 9.17) is 9.26 Å². The number of hydrogen-bond donors (Lipinski definition) is 1. The minimum absolute atomic E-state index is 0.0533. The molecule has 2 aromatic carbocycles. The Bertz CT molecular complexity index is 1380. The number of benzene rings is 2. The van der Waals surface area contributed by atoms with E-state index in [2.05, 4.69) is 27.3 Å². The van der Waals surface area contributed by atoms with Crippen molar-refractivity contribution in [1.82, 2.24) is 20.4 Å². The molecule has 0 radical (unpaired) electrons. The average Bonchev–Trinajstić information content (AvgIpc) is 3.57. The van der Waals surface area contributed by atoms with Crippen LogP contribution in [0.5, 0.6) is 0 Å². The molecule has 7 nitrogen and oxygen atoms in total. The normalized spacial score (nSPS) is 22.4. The van der Waals surface area contributed by atoms with E-state index in [9.17, 15) is 18.0 Å². The topological polar surface area (TPSA) is 80.5 Å². The number of hydrogen-bond acceptors (Lipinski definition) is 6. The Hall–Kier alpha value is -3.24. The molecule has 1 saturated heterocycles. The fourth-order valence-electron chi connectivity index (χ4n) is 5.62. The van der Waals surface area contributed by atoms with Crippen molar-refractivity contribution in [2.24, 2.45) is 5.92 Å². The van der Waals surface area contributed by atoms with Gasteiger partial charge in [0.25, 0.3) is 0 Å². The Morgan fingerprint density at radius 1 is 1.21 bits per heavy atom. The molecule has 2 atom stereocenters. The van der Waals surface area contributed by atoms with Crippen LogP contribution in [-0.2, 0) is 35.2 Å². The van der Waals surface area contributed by atoms with Crippen LogP contribution in [0.25, 0.3) is 11.1 Å². The van der Waals surface area contributed by atoms with Gasteiger partial charge in [-0.25, -0.2) is 0 Å². The molecular weight excluding hydrogens is 497 g/mol. The third-order valence-corrected chi connectivity index (χ3v) is 8.04. The van der Waals surface area contributed by atoms with Gasteiger partial charge in [-0.3, -0.25) is 9.69 Å². The highest BCUT2D eigenvalue weighted by Crippen LogP contribution is 2.47. The van der Waals surface area contributed by atoms with Crippen LogP contribution in [0.15, 0.2) is 40.9 Å². The first kappa shape index (κ1) is 25.1. The fourth-order valence-corrected chi connectivity index (χ4v) is 5.62. The number of nitrogens with zero attached hydrogens (tertiary/aromatic N) is 3. The molecule has 1 N–H and O–H groups in total. The average molecular weight is 527 g/mol. The second-order valence-electron chi connectivity index (χ2n) is 10.8. The molecule has 3 heterocycles. The van der Waals surface area contributed by atoms with Crippen molar-refractivity contribution in [3.63, 3.8) is 0 Å². The van der Waals surface area contributed by atoms with Crippen molar-refractivity contribution in [3.8, 4) is 11.1 Å². The summed E-state index contributed by atoms with van der Waals surface area (Å²) in [6.45, 7) is 7.02. The van der Waals surface area contributed by atoms with Crippen LogP contribution in [-0.4, -0.2) is 46.2 Å². The summed E-state index contributed by atoms with van der Waals surface area (Å²) in [5.41, 5.74) is 3.73. The monoisotopic (exact) mass is 526 g/mol. The van der Waals surface area contributed by atoms with E-state index in [1.165, 1.54) is 12.1 Å². The maximum atomic E-state index is 13.4. The Kier molecular flexibility index (Phi) is 6.07. The SMILES string of the molecule is Cc1noc([C@H]2C[C@@H]2C(=O)NCc2ccc(-c3cccc(C(F)(F)F)c3)c3c2CN(C2(C)COC2)CC3)n1. The van der Waals surface area contributed by atoms with E-state index >= 15 is 0 Å². The number of aromatic nitrogens is 2. The van der Waals surface area contributed by atoms with Crippen LogP contribution in [0.2, 0.25) is 0 Å². The van der Waals surface area contributed by atoms with Gasteiger partial charge >= 0.3 is 6.18 Å². The molecule has 200 valence electrons. The van der Waals surface area contributed by atoms with E-state index in [1.807, 2.05) is 12.1 Å². The molecule has 1 aliphatic carbocycles. The molecule has 3 aliphatic rings. The number of amides is 1. The second-order valence-corrected chi connectivity index (χ2v) is 10.8. The second kappa shape index (κ2) is 9.20. The van der Waals surface area contributed by atoms with Crippen LogP contribution >= 0.6 is 0 Å². The van der Waals surface area contributed by atoms with E-state index in [0.717, 1.165) is 34.9 Å². The van der Waals surface area contributed by atoms with Crippen LogP contribution < -0.4 is 5.32 Å². The van der Waals surface area contributed by atoms with Crippen LogP contribution in [0.4, 0.5) is 13.2 Å². The van der Waals surface area contributed by atoms with Gasteiger partial charge in [0, 0.05) is 19.6 Å². The Labute approximate surface area is 218 Å². The Balaban J connectivity index is 1.27. The summed E-state index contributed by atoms with van der Waals surface area (Å²) in [4.78, 5) is 19.5. The van der Waals surface area contributed by atoms with Gasteiger partial charge in [-0.2, -0.15) is 18.2 Å². The first-order chi connectivity index (χ1) is 18.1. The lowest BCUT2D eigenvalue weighted by molar-refractivity contribution is -0.137. The minimum Gasteiger partial charge on any atom is -0.377 e. The molecule has 1 saturated carbocycles. The van der Waals surface area contributed by atoms with E-state index in [-0.39, 0.29) is 23.3 Å². The molecule has 6 rings (SSSR count). The van der Waals surface area contributed by atoms with Gasteiger partial charge in [0.05, 0.1) is 36.2 Å². The number of fused-ring (bicyclic) bond motifs is 1. The Morgan fingerprint density at radius 3 is 2.71 bits per heavy atom. The van der Waals surface area contributed by atoms with E-state index in [1.54, 1.807) is 13.0 Å². The lowest BCUT2D eigenvalue weighted by Gasteiger charge is -2.49. The standard InChI is InChI=1S/C28H29F3N4O3/c1-16-33-26(38-34-16)23-11-22(23)25(36)32-12-18-6-7-20(17-4-3-5-19(10-17)28(29,30)31)21-8-9-35(13-24(18)21)27(2)14-37-15-27/h3-7,10,22-23H,8-9,11-15H2,1-2H3,(H,32,36)/t22-,23-/m0/s1. The van der Waals surface area contributed by atoms with Crippen molar-refractivity contribution in [3.05, 3.63) is 70.4 Å². The molecule has 2 fully saturated rings. The number of carbonyl (C=O) groups is 1. The zero-order chi connectivity index (χ0) is 26.7. The molecule has 0 unspecified atom stereocenters. The van der Waals surface area contributed by atoms with Gasteiger partial charge in [0.2, 0.25) is 11.8 Å². The summed E-state index contributed by atoms with van der Waals surface area (Å²) in [6, 6.07) is 9.32. The molecule has 0 bridgehead atoms. The summed E-state index contributed by atoms with van der Waals surface area (Å²) in [6.07, 6.45) is -3.03. The smallest absolute Gasteiger partial charge is 0.377 e. The van der Waals surface area contributed by atoms with Crippen LogP contribution in [0.3, 0.4) is 0 Å². The molecule has 2 aliphatic heterocycles. The van der Waals surface area contributed by atoms with Crippen LogP contribution in [0, 0.1) is 12.8 Å². The van der Waals surface area contributed by atoms with Crippen molar-refractivity contribution in [2.75, 3.05) is 19.8 Å². The highest BCUT2D eigenvalue weighted by atomic mass is 19.4. The third kappa shape index (κ3) is 4.60. The molecule has 0 spiro atoms. The lowest BCUT2D eigenvalue weighted by Crippen LogP contribution is -2.61. The van der Waals surface area contributed by atoms with Gasteiger partial charge in [-0.05, 0) is 66.6 Å². The number of aryl methyl sites for hydroxylation is 1. The highest BCUT2D eigenvalue weighted by Gasteiger charge is 2.48. The summed E-state index contributed by atoms with van der Waals surface area (Å²) in [5.74, 6) is 0.736. The predicted octanol–water partition coefficient (Wildman–Crippen LogP) is 4.63. The number of carbonyl (C=O) groups excluding carboxylic acids is 1. The van der Waals surface area contributed by atoms with Gasteiger partial charge in [-0.15, -0.1) is 0 Å². The van der Waals surface area contributed by atoms with Gasteiger partial charge in [-0.1, -0.05) is 29.4 Å². The highest BCUT2D eigenvalue weighted by molar-refractivity contribution is 5.82. The van der Waals surface area contributed by atoms with Gasteiger partial charge in [0.1, 0.15) is 0 Å². The zero-order valence-corrected chi connectivity index (χ0v) is 21.3. The van der Waals surface area contributed by atoms with E-state index < -0.39 is 11.7 Å². The molecule has 10 heteroatoms. The van der Waals surface area contributed by atoms with Crippen molar-refractivity contribution < 1.29 is 27.2 Å². The number of alkyl halides is 3. The van der Waals surface area contributed by atoms with E-state index in [0.29, 0.717) is 56.4 Å². The fraction of sp³-hybridized carbons (Fsp3) is 0.464. The first-order valence-corrected chi connectivity index (χ1v) is 12.8.